The highest BCUT2D eigenvalue weighted by Crippen LogP contribution is 2.33. The van der Waals surface area contributed by atoms with E-state index in [1.165, 1.54) is 6.33 Å². The predicted molar refractivity (Wildman–Crippen MR) is 69.5 cm³/mol. The Kier molecular flexibility index (Phi) is 4.03. The monoisotopic (exact) mass is 319 g/mol. The third kappa shape index (κ3) is 3.85. The Bertz CT molecular complexity index is 670. The van der Waals surface area contributed by atoms with E-state index < -0.39 is 17.6 Å². The number of rotatable bonds is 3. The van der Waals surface area contributed by atoms with E-state index >= 15 is 0 Å². The van der Waals surface area contributed by atoms with Gasteiger partial charge in [0.1, 0.15) is 12.9 Å². The number of aromatic nitrogens is 3. The van der Waals surface area contributed by atoms with Crippen LogP contribution in [0.15, 0.2) is 24.5 Å². The standard InChI is InChI=1S/C11H9ClF3N5O/c12-7-2-1-6(11(13,14)15)3-8(7)18-9(21)4-20-5-17-10(16)19-20/h1-3,5H,4H2,(H2,16,19)(H,18,21). The van der Waals surface area contributed by atoms with Crippen LogP contribution in [0.25, 0.3) is 0 Å². The Morgan fingerprint density at radius 2 is 2.14 bits per heavy atom. The van der Waals surface area contributed by atoms with Gasteiger partial charge in [-0.1, -0.05) is 11.6 Å². The van der Waals surface area contributed by atoms with Gasteiger partial charge < -0.3 is 11.1 Å². The third-order valence-electron chi connectivity index (χ3n) is 2.43. The van der Waals surface area contributed by atoms with Gasteiger partial charge in [-0.05, 0) is 18.2 Å². The molecule has 1 aromatic heterocycles. The lowest BCUT2D eigenvalue weighted by atomic mass is 10.2. The van der Waals surface area contributed by atoms with E-state index in [0.29, 0.717) is 0 Å². The minimum absolute atomic E-state index is 0.00514. The Hall–Kier alpha value is -2.29. The lowest BCUT2D eigenvalue weighted by Gasteiger charge is -2.11. The maximum atomic E-state index is 12.6. The van der Waals surface area contributed by atoms with Crippen molar-refractivity contribution in [2.75, 3.05) is 11.1 Å². The van der Waals surface area contributed by atoms with Crippen molar-refractivity contribution >= 4 is 29.1 Å². The molecule has 0 unspecified atom stereocenters. The average molecular weight is 320 g/mol. The molecule has 0 saturated carbocycles. The largest absolute Gasteiger partial charge is 0.416 e. The highest BCUT2D eigenvalue weighted by molar-refractivity contribution is 6.33. The highest BCUT2D eigenvalue weighted by atomic mass is 35.5. The van der Waals surface area contributed by atoms with Crippen molar-refractivity contribution in [2.24, 2.45) is 0 Å². The second kappa shape index (κ2) is 5.60. The zero-order valence-electron chi connectivity index (χ0n) is 10.4. The first-order chi connectivity index (χ1) is 9.75. The second-order valence-corrected chi connectivity index (χ2v) is 4.45. The van der Waals surface area contributed by atoms with E-state index in [4.69, 9.17) is 17.3 Å². The molecule has 0 saturated heterocycles. The summed E-state index contributed by atoms with van der Waals surface area (Å²) in [6, 6.07) is 2.65. The van der Waals surface area contributed by atoms with Gasteiger partial charge in [0.05, 0.1) is 16.3 Å². The predicted octanol–water partition coefficient (Wildman–Crippen LogP) is 2.17. The molecule has 1 amide bonds. The second-order valence-electron chi connectivity index (χ2n) is 4.04. The van der Waals surface area contributed by atoms with E-state index in [1.54, 1.807) is 0 Å². The maximum Gasteiger partial charge on any atom is 0.416 e. The summed E-state index contributed by atoms with van der Waals surface area (Å²) in [4.78, 5) is 15.3. The third-order valence-corrected chi connectivity index (χ3v) is 2.76. The van der Waals surface area contributed by atoms with Crippen molar-refractivity contribution in [1.82, 2.24) is 14.8 Å². The molecule has 0 bridgehead atoms. The zero-order valence-corrected chi connectivity index (χ0v) is 11.1. The number of carbonyl (C=O) groups is 1. The van der Waals surface area contributed by atoms with E-state index in [0.717, 1.165) is 22.9 Å². The molecule has 0 aliphatic rings. The summed E-state index contributed by atoms with van der Waals surface area (Å²) in [6.45, 7) is -0.253. The molecule has 3 N–H and O–H groups in total. The van der Waals surface area contributed by atoms with Gasteiger partial charge in [-0.25, -0.2) is 9.67 Å². The van der Waals surface area contributed by atoms with Gasteiger partial charge in [0, 0.05) is 0 Å². The summed E-state index contributed by atoms with van der Waals surface area (Å²) in [5.41, 5.74) is 4.23. The topological polar surface area (TPSA) is 85.8 Å². The molecular weight excluding hydrogens is 311 g/mol. The fourth-order valence-corrected chi connectivity index (χ4v) is 1.68. The molecular formula is C11H9ClF3N5O. The van der Waals surface area contributed by atoms with Crippen molar-refractivity contribution in [1.29, 1.82) is 0 Å². The summed E-state index contributed by atoms with van der Waals surface area (Å²) < 4.78 is 38.9. The lowest BCUT2D eigenvalue weighted by Crippen LogP contribution is -2.19. The summed E-state index contributed by atoms with van der Waals surface area (Å²) >= 11 is 5.76. The Morgan fingerprint density at radius 1 is 1.43 bits per heavy atom. The Morgan fingerprint density at radius 3 is 2.71 bits per heavy atom. The SMILES string of the molecule is Nc1ncn(CC(=O)Nc2cc(C(F)(F)F)ccc2Cl)n1. The number of nitrogens with zero attached hydrogens (tertiary/aromatic N) is 3. The molecule has 2 rings (SSSR count). The number of amides is 1. The molecule has 0 fully saturated rings. The van der Waals surface area contributed by atoms with Crippen LogP contribution >= 0.6 is 11.6 Å². The quantitative estimate of drug-likeness (QED) is 0.908. The van der Waals surface area contributed by atoms with Crippen LogP contribution in [0.2, 0.25) is 5.02 Å². The first-order valence-electron chi connectivity index (χ1n) is 5.57. The van der Waals surface area contributed by atoms with Gasteiger partial charge in [-0.2, -0.15) is 13.2 Å². The number of nitrogen functional groups attached to an aromatic ring is 1. The van der Waals surface area contributed by atoms with E-state index in [2.05, 4.69) is 15.4 Å². The van der Waals surface area contributed by atoms with Crippen LogP contribution in [-0.4, -0.2) is 20.7 Å². The highest BCUT2D eigenvalue weighted by Gasteiger charge is 2.31. The summed E-state index contributed by atoms with van der Waals surface area (Å²) in [5.74, 6) is -0.624. The number of carbonyl (C=O) groups excluding carboxylic acids is 1. The normalized spacial score (nSPS) is 11.4. The van der Waals surface area contributed by atoms with Crippen molar-refractivity contribution < 1.29 is 18.0 Å². The zero-order chi connectivity index (χ0) is 15.6. The van der Waals surface area contributed by atoms with Crippen molar-refractivity contribution in [3.05, 3.63) is 35.1 Å². The number of nitrogens with one attached hydrogen (secondary N) is 1. The molecule has 0 atom stereocenters. The average Bonchev–Trinajstić information content (AvgIpc) is 2.76. The van der Waals surface area contributed by atoms with Gasteiger partial charge in [0.15, 0.2) is 0 Å². The van der Waals surface area contributed by atoms with Crippen LogP contribution in [0, 0.1) is 0 Å². The summed E-state index contributed by atoms with van der Waals surface area (Å²) in [5, 5.41) is 5.96. The molecule has 0 aliphatic heterocycles. The molecule has 2 aromatic rings. The lowest BCUT2D eigenvalue weighted by molar-refractivity contribution is -0.137. The fourth-order valence-electron chi connectivity index (χ4n) is 1.52. The minimum atomic E-state index is -4.52. The van der Waals surface area contributed by atoms with Crippen LogP contribution in [0.1, 0.15) is 5.56 Å². The molecule has 21 heavy (non-hydrogen) atoms. The molecule has 112 valence electrons. The van der Waals surface area contributed by atoms with Crippen molar-refractivity contribution in [2.45, 2.75) is 12.7 Å². The minimum Gasteiger partial charge on any atom is -0.367 e. The first-order valence-corrected chi connectivity index (χ1v) is 5.95. The number of hydrogen-bond donors (Lipinski definition) is 2. The van der Waals surface area contributed by atoms with Crippen molar-refractivity contribution in [3.63, 3.8) is 0 Å². The van der Waals surface area contributed by atoms with Crippen LogP contribution < -0.4 is 11.1 Å². The fraction of sp³-hybridized carbons (Fsp3) is 0.182. The molecule has 0 spiro atoms. The molecule has 10 heteroatoms. The van der Waals surface area contributed by atoms with Gasteiger partial charge in [-0.15, -0.1) is 5.10 Å². The van der Waals surface area contributed by atoms with Crippen molar-refractivity contribution in [3.8, 4) is 0 Å². The van der Waals surface area contributed by atoms with Crippen LogP contribution in [-0.2, 0) is 17.5 Å². The molecule has 0 radical (unpaired) electrons. The van der Waals surface area contributed by atoms with Gasteiger partial charge in [0.25, 0.3) is 0 Å². The van der Waals surface area contributed by atoms with Gasteiger partial charge in [-0.3, -0.25) is 4.79 Å². The summed E-state index contributed by atoms with van der Waals surface area (Å²) in [7, 11) is 0. The number of anilines is 2. The van der Waals surface area contributed by atoms with Gasteiger partial charge >= 0.3 is 6.18 Å². The molecule has 6 nitrogen and oxygen atoms in total. The number of alkyl halides is 3. The number of halogens is 4. The number of nitrogens with two attached hydrogens (primary N) is 1. The number of hydrogen-bond acceptors (Lipinski definition) is 4. The molecule has 0 aliphatic carbocycles. The molecule has 1 aromatic carbocycles. The maximum absolute atomic E-state index is 12.6. The molecule has 1 heterocycles. The summed E-state index contributed by atoms with van der Waals surface area (Å²) in [6.07, 6.45) is -3.30. The smallest absolute Gasteiger partial charge is 0.367 e. The Balaban J connectivity index is 2.13. The van der Waals surface area contributed by atoms with Gasteiger partial charge in [0.2, 0.25) is 11.9 Å². The van der Waals surface area contributed by atoms with Crippen LogP contribution in [0.5, 0.6) is 0 Å². The van der Waals surface area contributed by atoms with Crippen LogP contribution in [0.4, 0.5) is 24.8 Å². The van der Waals surface area contributed by atoms with E-state index in [9.17, 15) is 18.0 Å². The number of benzene rings is 1. The first kappa shape index (κ1) is 15.1. The Labute approximate surface area is 121 Å². The van der Waals surface area contributed by atoms with E-state index in [-0.39, 0.29) is 23.2 Å². The van der Waals surface area contributed by atoms with Crippen LogP contribution in [0.3, 0.4) is 0 Å². The van der Waals surface area contributed by atoms with E-state index in [1.807, 2.05) is 0 Å².